The molecule has 3 atom stereocenters. The average molecular weight is 420 g/mol. The predicted molar refractivity (Wildman–Crippen MR) is 106 cm³/mol. The van der Waals surface area contributed by atoms with Crippen molar-refractivity contribution < 1.29 is 22.0 Å². The third kappa shape index (κ3) is 4.04. The fourth-order valence-electron chi connectivity index (χ4n) is 4.02. The second-order valence-corrected chi connectivity index (χ2v) is 9.56. The molecule has 2 aromatic carbocycles. The fourth-order valence-corrected chi connectivity index (χ4v) is 4.51. The van der Waals surface area contributed by atoms with Gasteiger partial charge in [-0.05, 0) is 42.0 Å². The van der Waals surface area contributed by atoms with Gasteiger partial charge in [0.15, 0.2) is 0 Å². The molecular formula is C21H22F2N2O3S. The predicted octanol–water partition coefficient (Wildman–Crippen LogP) is 2.89. The number of carbonyl (C=O) groups excluding carboxylic acids is 1. The molecule has 2 aromatic rings. The van der Waals surface area contributed by atoms with Crippen LogP contribution in [0.25, 0.3) is 11.1 Å². The van der Waals surface area contributed by atoms with Gasteiger partial charge >= 0.3 is 0 Å². The summed E-state index contributed by atoms with van der Waals surface area (Å²) in [5, 5.41) is 0. The van der Waals surface area contributed by atoms with Crippen LogP contribution in [0.15, 0.2) is 42.5 Å². The highest BCUT2D eigenvalue weighted by atomic mass is 32.2. The zero-order valence-corrected chi connectivity index (χ0v) is 16.8. The monoisotopic (exact) mass is 420 g/mol. The zero-order valence-electron chi connectivity index (χ0n) is 15.9. The number of nitrogens with zero attached hydrogens (tertiary/aromatic N) is 1. The number of carbonyl (C=O) groups is 1. The number of hydrogen-bond acceptors (Lipinski definition) is 3. The van der Waals surface area contributed by atoms with E-state index in [4.69, 9.17) is 0 Å². The van der Waals surface area contributed by atoms with Gasteiger partial charge in [-0.15, -0.1) is 0 Å². The van der Waals surface area contributed by atoms with E-state index in [9.17, 15) is 22.0 Å². The topological polar surface area (TPSA) is 66.5 Å². The quantitative estimate of drug-likeness (QED) is 0.782. The number of rotatable bonds is 6. The van der Waals surface area contributed by atoms with Gasteiger partial charge in [0.2, 0.25) is 15.9 Å². The van der Waals surface area contributed by atoms with Crippen LogP contribution in [0.2, 0.25) is 0 Å². The Hall–Kier alpha value is -2.32. The summed E-state index contributed by atoms with van der Waals surface area (Å²) in [5.41, 5.74) is 1.17. The second-order valence-electron chi connectivity index (χ2n) is 7.73. The van der Waals surface area contributed by atoms with Crippen LogP contribution in [-0.2, 0) is 14.8 Å². The van der Waals surface area contributed by atoms with E-state index in [1.165, 1.54) is 18.2 Å². The third-order valence-corrected chi connectivity index (χ3v) is 6.40. The Bertz CT molecular complexity index is 1040. The molecule has 1 saturated heterocycles. The highest BCUT2D eigenvalue weighted by Gasteiger charge is 2.49. The molecule has 0 radical (unpaired) electrons. The third-order valence-electron chi connectivity index (χ3n) is 5.71. The lowest BCUT2D eigenvalue weighted by Gasteiger charge is -2.41. The van der Waals surface area contributed by atoms with Crippen molar-refractivity contribution >= 4 is 15.9 Å². The van der Waals surface area contributed by atoms with E-state index in [1.807, 2.05) is 6.07 Å². The van der Waals surface area contributed by atoms with E-state index in [0.717, 1.165) is 18.2 Å². The van der Waals surface area contributed by atoms with Gasteiger partial charge < -0.3 is 4.90 Å². The van der Waals surface area contributed by atoms with Crippen LogP contribution in [-0.4, -0.2) is 44.6 Å². The SMILES string of the molecule is CS(=O)(=O)NCC1CCN1C(=O)C1CC1c1ccccc1-c1c(F)cccc1F. The molecule has 2 fully saturated rings. The molecule has 1 amide bonds. The Morgan fingerprint density at radius 1 is 1.14 bits per heavy atom. The Labute approximate surface area is 168 Å². The second kappa shape index (κ2) is 7.50. The van der Waals surface area contributed by atoms with E-state index >= 15 is 0 Å². The summed E-state index contributed by atoms with van der Waals surface area (Å²) in [4.78, 5) is 14.6. The normalized spacial score (nSPS) is 23.6. The maximum absolute atomic E-state index is 14.3. The van der Waals surface area contributed by atoms with Crippen LogP contribution in [0.4, 0.5) is 8.78 Å². The molecule has 5 nitrogen and oxygen atoms in total. The summed E-state index contributed by atoms with van der Waals surface area (Å²) in [7, 11) is -3.31. The fraction of sp³-hybridized carbons (Fsp3) is 0.381. The van der Waals surface area contributed by atoms with Gasteiger partial charge in [-0.2, -0.15) is 0 Å². The largest absolute Gasteiger partial charge is 0.338 e. The summed E-state index contributed by atoms with van der Waals surface area (Å²) in [6, 6.07) is 10.7. The van der Waals surface area contributed by atoms with Crippen LogP contribution < -0.4 is 4.72 Å². The summed E-state index contributed by atoms with van der Waals surface area (Å²) < 4.78 is 53.6. The van der Waals surface area contributed by atoms with Gasteiger partial charge in [0.05, 0.1) is 11.8 Å². The molecule has 0 aromatic heterocycles. The molecule has 4 rings (SSSR count). The first-order valence-electron chi connectivity index (χ1n) is 9.54. The molecule has 1 N–H and O–H groups in total. The van der Waals surface area contributed by atoms with Crippen molar-refractivity contribution in [2.75, 3.05) is 19.3 Å². The number of sulfonamides is 1. The summed E-state index contributed by atoms with van der Waals surface area (Å²) in [6.07, 6.45) is 2.46. The first-order chi connectivity index (χ1) is 13.8. The first kappa shape index (κ1) is 20.0. The van der Waals surface area contributed by atoms with Gasteiger partial charge in [0.1, 0.15) is 11.6 Å². The lowest BCUT2D eigenvalue weighted by molar-refractivity contribution is -0.140. The van der Waals surface area contributed by atoms with E-state index in [0.29, 0.717) is 18.5 Å². The summed E-state index contributed by atoms with van der Waals surface area (Å²) >= 11 is 0. The van der Waals surface area contributed by atoms with Crippen molar-refractivity contribution in [2.45, 2.75) is 24.8 Å². The van der Waals surface area contributed by atoms with Gasteiger partial charge in [-0.3, -0.25) is 4.79 Å². The maximum Gasteiger partial charge on any atom is 0.226 e. The Morgan fingerprint density at radius 2 is 1.83 bits per heavy atom. The van der Waals surface area contributed by atoms with Crippen molar-refractivity contribution in [2.24, 2.45) is 5.92 Å². The van der Waals surface area contributed by atoms with E-state index in [2.05, 4.69) is 4.72 Å². The van der Waals surface area contributed by atoms with Crippen molar-refractivity contribution in [1.29, 1.82) is 0 Å². The van der Waals surface area contributed by atoms with Crippen molar-refractivity contribution in [3.05, 3.63) is 59.7 Å². The molecule has 8 heteroatoms. The molecular weight excluding hydrogens is 398 g/mol. The number of amides is 1. The lowest BCUT2D eigenvalue weighted by Crippen LogP contribution is -2.56. The van der Waals surface area contributed by atoms with Gasteiger partial charge in [-0.25, -0.2) is 21.9 Å². The maximum atomic E-state index is 14.3. The highest BCUT2D eigenvalue weighted by Crippen LogP contribution is 2.52. The van der Waals surface area contributed by atoms with E-state index < -0.39 is 21.7 Å². The van der Waals surface area contributed by atoms with Gasteiger partial charge in [0, 0.05) is 25.0 Å². The minimum Gasteiger partial charge on any atom is -0.338 e. The molecule has 1 aliphatic heterocycles. The average Bonchev–Trinajstić information content (AvgIpc) is 3.41. The highest BCUT2D eigenvalue weighted by molar-refractivity contribution is 7.88. The molecule has 3 unspecified atom stereocenters. The van der Waals surface area contributed by atoms with Crippen LogP contribution >= 0.6 is 0 Å². The molecule has 2 aliphatic rings. The van der Waals surface area contributed by atoms with E-state index in [1.54, 1.807) is 23.1 Å². The molecule has 1 aliphatic carbocycles. The van der Waals surface area contributed by atoms with Gasteiger partial charge in [-0.1, -0.05) is 30.3 Å². The standard InChI is InChI=1S/C21H22F2N2O3S/c1-29(27,28)24-12-13-9-10-25(13)21(26)17-11-16(17)14-5-2-3-6-15(14)20-18(22)7-4-8-19(20)23/h2-8,13,16-17,24H,9-12H2,1H3. The van der Waals surface area contributed by atoms with Crippen LogP contribution in [0.1, 0.15) is 24.3 Å². The molecule has 154 valence electrons. The number of benzene rings is 2. The number of halogens is 2. The van der Waals surface area contributed by atoms with Gasteiger partial charge in [0.25, 0.3) is 0 Å². The summed E-state index contributed by atoms with van der Waals surface area (Å²) in [6.45, 7) is 0.806. The molecule has 0 bridgehead atoms. The van der Waals surface area contributed by atoms with Crippen LogP contribution in [0.5, 0.6) is 0 Å². The van der Waals surface area contributed by atoms with E-state index in [-0.39, 0.29) is 35.9 Å². The smallest absolute Gasteiger partial charge is 0.226 e. The zero-order chi connectivity index (χ0) is 20.8. The molecule has 1 heterocycles. The molecule has 29 heavy (non-hydrogen) atoms. The van der Waals surface area contributed by atoms with Crippen LogP contribution in [0.3, 0.4) is 0 Å². The van der Waals surface area contributed by atoms with Crippen LogP contribution in [0, 0.1) is 17.6 Å². The molecule has 0 spiro atoms. The van der Waals surface area contributed by atoms with Crippen molar-refractivity contribution in [3.8, 4) is 11.1 Å². The number of nitrogens with one attached hydrogen (secondary N) is 1. The minimum absolute atomic E-state index is 0.0228. The lowest BCUT2D eigenvalue weighted by atomic mass is 9.94. The van der Waals surface area contributed by atoms with Crippen molar-refractivity contribution in [1.82, 2.24) is 9.62 Å². The minimum atomic E-state index is -3.31. The number of likely N-dealkylation sites (tertiary alicyclic amines) is 1. The molecule has 1 saturated carbocycles. The Kier molecular flexibility index (Phi) is 5.16. The summed E-state index contributed by atoms with van der Waals surface area (Å²) in [5.74, 6) is -1.62. The Balaban J connectivity index is 1.51. The Morgan fingerprint density at radius 3 is 2.45 bits per heavy atom. The number of hydrogen-bond donors (Lipinski definition) is 1. The first-order valence-corrected chi connectivity index (χ1v) is 11.4. The van der Waals surface area contributed by atoms with Crippen molar-refractivity contribution in [3.63, 3.8) is 0 Å².